The van der Waals surface area contributed by atoms with Crippen molar-refractivity contribution < 1.29 is 0 Å². The second-order valence-corrected chi connectivity index (χ2v) is 3.67. The molecule has 0 aromatic rings. The van der Waals surface area contributed by atoms with Crippen LogP contribution >= 0.6 is 0 Å². The third-order valence-electron chi connectivity index (χ3n) is 3.18. The number of nitrogens with two attached hydrogens (primary N) is 1. The predicted octanol–water partition coefficient (Wildman–Crippen LogP) is 1.38. The highest BCUT2D eigenvalue weighted by Crippen LogP contribution is 2.48. The summed E-state index contributed by atoms with van der Waals surface area (Å²) in [6, 6.07) is 0. The molecule has 0 spiro atoms. The monoisotopic (exact) mass is 125 g/mol. The van der Waals surface area contributed by atoms with Crippen LogP contribution in [0.1, 0.15) is 25.7 Å². The topological polar surface area (TPSA) is 26.0 Å². The highest BCUT2D eigenvalue weighted by atomic mass is 14.6. The molecule has 0 bridgehead atoms. The fourth-order valence-corrected chi connectivity index (χ4v) is 2.40. The standard InChI is InChI=1S/C8H15N/c9-5-6-3-7-1-2-8(7)4-6/h6-8H,1-5,9H2/t6?,7-,8+. The Labute approximate surface area is 56.6 Å². The molecule has 1 nitrogen and oxygen atoms in total. The molecule has 2 saturated carbocycles. The fourth-order valence-electron chi connectivity index (χ4n) is 2.40. The summed E-state index contributed by atoms with van der Waals surface area (Å²) in [7, 11) is 0. The molecule has 1 unspecified atom stereocenters. The van der Waals surface area contributed by atoms with Gasteiger partial charge in [0.15, 0.2) is 0 Å². The second-order valence-electron chi connectivity index (χ2n) is 3.67. The summed E-state index contributed by atoms with van der Waals surface area (Å²) in [5.41, 5.74) is 5.59. The Bertz CT molecular complexity index is 99.1. The Balaban J connectivity index is 1.91. The van der Waals surface area contributed by atoms with Gasteiger partial charge in [0.1, 0.15) is 0 Å². The van der Waals surface area contributed by atoms with E-state index in [1.807, 2.05) is 0 Å². The molecule has 2 rings (SSSR count). The van der Waals surface area contributed by atoms with Crippen LogP contribution in [0, 0.1) is 17.8 Å². The van der Waals surface area contributed by atoms with Gasteiger partial charge in [-0.1, -0.05) is 0 Å². The van der Waals surface area contributed by atoms with E-state index in [-0.39, 0.29) is 0 Å². The molecule has 0 radical (unpaired) electrons. The van der Waals surface area contributed by atoms with Gasteiger partial charge in [-0.2, -0.15) is 0 Å². The van der Waals surface area contributed by atoms with Crippen molar-refractivity contribution in [1.82, 2.24) is 0 Å². The van der Waals surface area contributed by atoms with Crippen LogP contribution in [0.3, 0.4) is 0 Å². The van der Waals surface area contributed by atoms with Gasteiger partial charge in [-0.15, -0.1) is 0 Å². The van der Waals surface area contributed by atoms with Crippen LogP contribution in [-0.4, -0.2) is 6.54 Å². The minimum Gasteiger partial charge on any atom is -0.330 e. The zero-order valence-electron chi connectivity index (χ0n) is 5.84. The molecule has 0 aliphatic heterocycles. The first-order valence-corrected chi connectivity index (χ1v) is 4.10. The van der Waals surface area contributed by atoms with E-state index < -0.39 is 0 Å². The maximum Gasteiger partial charge on any atom is -0.00487 e. The second kappa shape index (κ2) is 1.98. The van der Waals surface area contributed by atoms with Gasteiger partial charge < -0.3 is 5.73 Å². The van der Waals surface area contributed by atoms with Crippen molar-refractivity contribution in [1.29, 1.82) is 0 Å². The molecule has 2 fully saturated rings. The maximum absolute atomic E-state index is 5.59. The molecule has 2 aliphatic carbocycles. The van der Waals surface area contributed by atoms with Crippen LogP contribution < -0.4 is 5.73 Å². The van der Waals surface area contributed by atoms with E-state index in [0.717, 1.165) is 24.3 Å². The summed E-state index contributed by atoms with van der Waals surface area (Å²) in [6.07, 6.45) is 5.89. The first-order chi connectivity index (χ1) is 4.40. The third-order valence-corrected chi connectivity index (χ3v) is 3.18. The van der Waals surface area contributed by atoms with Gasteiger partial charge in [0.25, 0.3) is 0 Å². The summed E-state index contributed by atoms with van der Waals surface area (Å²) in [5.74, 6) is 3.08. The molecular formula is C8H15N. The Hall–Kier alpha value is -0.0400. The molecule has 0 amide bonds. The highest BCUT2D eigenvalue weighted by molar-refractivity contribution is 4.90. The van der Waals surface area contributed by atoms with Gasteiger partial charge in [-0.3, -0.25) is 0 Å². The Morgan fingerprint density at radius 3 is 2.00 bits per heavy atom. The molecule has 0 aromatic heterocycles. The first-order valence-electron chi connectivity index (χ1n) is 4.10. The van der Waals surface area contributed by atoms with Crippen molar-refractivity contribution in [3.63, 3.8) is 0 Å². The van der Waals surface area contributed by atoms with E-state index in [4.69, 9.17) is 5.73 Å². The number of hydrogen-bond donors (Lipinski definition) is 1. The van der Waals surface area contributed by atoms with Crippen LogP contribution in [0.25, 0.3) is 0 Å². The first kappa shape index (κ1) is 5.72. The minimum absolute atomic E-state index is 0.891. The van der Waals surface area contributed by atoms with E-state index in [1.165, 1.54) is 25.7 Å². The van der Waals surface area contributed by atoms with Crippen LogP contribution in [0.15, 0.2) is 0 Å². The van der Waals surface area contributed by atoms with E-state index >= 15 is 0 Å². The molecule has 3 atom stereocenters. The molecule has 0 heterocycles. The molecule has 0 saturated heterocycles. The van der Waals surface area contributed by atoms with Crippen molar-refractivity contribution >= 4 is 0 Å². The van der Waals surface area contributed by atoms with Crippen molar-refractivity contribution in [2.24, 2.45) is 23.5 Å². The van der Waals surface area contributed by atoms with Gasteiger partial charge in [0, 0.05) is 0 Å². The summed E-state index contributed by atoms with van der Waals surface area (Å²) in [6.45, 7) is 0.938. The van der Waals surface area contributed by atoms with Gasteiger partial charge in [0.05, 0.1) is 0 Å². The lowest BCUT2D eigenvalue weighted by atomic mass is 9.77. The minimum atomic E-state index is 0.891. The zero-order chi connectivity index (χ0) is 6.27. The van der Waals surface area contributed by atoms with Gasteiger partial charge >= 0.3 is 0 Å². The van der Waals surface area contributed by atoms with Crippen molar-refractivity contribution in [3.8, 4) is 0 Å². The predicted molar refractivity (Wildman–Crippen MR) is 38.0 cm³/mol. The Morgan fingerprint density at radius 2 is 1.67 bits per heavy atom. The lowest BCUT2D eigenvalue weighted by Crippen LogP contribution is -2.18. The van der Waals surface area contributed by atoms with Crippen LogP contribution in [-0.2, 0) is 0 Å². The van der Waals surface area contributed by atoms with E-state index in [2.05, 4.69) is 0 Å². The zero-order valence-corrected chi connectivity index (χ0v) is 5.84. The average molecular weight is 125 g/mol. The molecule has 0 aromatic carbocycles. The number of rotatable bonds is 1. The van der Waals surface area contributed by atoms with Crippen molar-refractivity contribution in [3.05, 3.63) is 0 Å². The van der Waals surface area contributed by atoms with Gasteiger partial charge in [0.2, 0.25) is 0 Å². The SMILES string of the molecule is NCC1C[C@H]2CC[C@H]2C1. The van der Waals surface area contributed by atoms with Crippen LogP contribution in [0.2, 0.25) is 0 Å². The smallest absolute Gasteiger partial charge is 0.00487 e. The Morgan fingerprint density at radius 1 is 1.11 bits per heavy atom. The molecule has 52 valence electrons. The van der Waals surface area contributed by atoms with Gasteiger partial charge in [-0.05, 0) is 50.0 Å². The molecule has 2 aliphatic rings. The van der Waals surface area contributed by atoms with Crippen LogP contribution in [0.5, 0.6) is 0 Å². The molecular weight excluding hydrogens is 110 g/mol. The Kier molecular flexibility index (Phi) is 1.26. The maximum atomic E-state index is 5.59. The lowest BCUT2D eigenvalue weighted by Gasteiger charge is -2.29. The largest absolute Gasteiger partial charge is 0.330 e. The average Bonchev–Trinajstić information content (AvgIpc) is 2.10. The number of hydrogen-bond acceptors (Lipinski definition) is 1. The normalized spacial score (nSPS) is 48.3. The fraction of sp³-hybridized carbons (Fsp3) is 1.00. The summed E-state index contributed by atoms with van der Waals surface area (Å²) >= 11 is 0. The quantitative estimate of drug-likeness (QED) is 0.563. The number of fused-ring (bicyclic) bond motifs is 1. The van der Waals surface area contributed by atoms with E-state index in [9.17, 15) is 0 Å². The molecule has 9 heavy (non-hydrogen) atoms. The van der Waals surface area contributed by atoms with Crippen molar-refractivity contribution in [2.45, 2.75) is 25.7 Å². The molecule has 1 heteroatoms. The van der Waals surface area contributed by atoms with E-state index in [1.54, 1.807) is 0 Å². The van der Waals surface area contributed by atoms with Crippen molar-refractivity contribution in [2.75, 3.05) is 6.54 Å². The summed E-state index contributed by atoms with van der Waals surface area (Å²) in [4.78, 5) is 0. The van der Waals surface area contributed by atoms with Gasteiger partial charge in [-0.25, -0.2) is 0 Å². The molecule has 2 N–H and O–H groups in total. The van der Waals surface area contributed by atoms with Crippen LogP contribution in [0.4, 0.5) is 0 Å². The lowest BCUT2D eigenvalue weighted by molar-refractivity contribution is 0.219. The summed E-state index contributed by atoms with van der Waals surface area (Å²) < 4.78 is 0. The summed E-state index contributed by atoms with van der Waals surface area (Å²) in [5, 5.41) is 0. The third kappa shape index (κ3) is 0.787. The highest BCUT2D eigenvalue weighted by Gasteiger charge is 2.39. The van der Waals surface area contributed by atoms with E-state index in [0.29, 0.717) is 0 Å².